The maximum atomic E-state index is 12.2. The van der Waals surface area contributed by atoms with Gasteiger partial charge in [-0.25, -0.2) is 0 Å². The second kappa shape index (κ2) is 6.48. The number of benzene rings is 1. The molecule has 130 valence electrons. The maximum absolute atomic E-state index is 12.2. The van der Waals surface area contributed by atoms with E-state index in [9.17, 15) is 9.90 Å². The van der Waals surface area contributed by atoms with Crippen LogP contribution in [0.3, 0.4) is 0 Å². The standard InChI is InChI=1S/C20H23N3O2/c1-22-19(25)8-7-14-4-2-6-18(20(14)22)15-10-17(12-21-11-15)23-9-3-5-16(23)13-24/h2,4,6,10-12,16,24H,3,5,7-9,13H2,1H3/t16-/m0/s1. The van der Waals surface area contributed by atoms with E-state index in [2.05, 4.69) is 34.1 Å². The van der Waals surface area contributed by atoms with E-state index in [1.807, 2.05) is 19.4 Å². The van der Waals surface area contributed by atoms with Crippen LogP contribution in [0.4, 0.5) is 11.4 Å². The van der Waals surface area contributed by atoms with Crippen molar-refractivity contribution in [2.75, 3.05) is 30.0 Å². The Kier molecular flexibility index (Phi) is 4.17. The first-order valence-corrected chi connectivity index (χ1v) is 8.90. The van der Waals surface area contributed by atoms with E-state index >= 15 is 0 Å². The summed E-state index contributed by atoms with van der Waals surface area (Å²) in [7, 11) is 1.85. The first kappa shape index (κ1) is 16.1. The number of fused-ring (bicyclic) bond motifs is 1. The number of rotatable bonds is 3. The highest BCUT2D eigenvalue weighted by molar-refractivity contribution is 6.00. The van der Waals surface area contributed by atoms with Gasteiger partial charge in [0.1, 0.15) is 0 Å². The van der Waals surface area contributed by atoms with Crippen LogP contribution in [0.2, 0.25) is 0 Å². The van der Waals surface area contributed by atoms with Crippen molar-refractivity contribution in [2.24, 2.45) is 0 Å². The molecule has 0 bridgehead atoms. The molecule has 1 N–H and O–H groups in total. The van der Waals surface area contributed by atoms with Gasteiger partial charge in [0.15, 0.2) is 0 Å². The Morgan fingerprint density at radius 3 is 3.00 bits per heavy atom. The molecule has 2 aliphatic rings. The van der Waals surface area contributed by atoms with Crippen molar-refractivity contribution in [3.63, 3.8) is 0 Å². The van der Waals surface area contributed by atoms with Crippen molar-refractivity contribution in [1.29, 1.82) is 0 Å². The number of hydrogen-bond donors (Lipinski definition) is 1. The van der Waals surface area contributed by atoms with Crippen LogP contribution in [-0.2, 0) is 11.2 Å². The van der Waals surface area contributed by atoms with E-state index < -0.39 is 0 Å². The number of aryl methyl sites for hydroxylation is 1. The molecule has 0 radical (unpaired) electrons. The highest BCUT2D eigenvalue weighted by atomic mass is 16.3. The molecule has 5 nitrogen and oxygen atoms in total. The molecule has 1 amide bonds. The third kappa shape index (κ3) is 2.78. The van der Waals surface area contributed by atoms with Gasteiger partial charge in [-0.15, -0.1) is 0 Å². The topological polar surface area (TPSA) is 56.7 Å². The molecule has 3 heterocycles. The summed E-state index contributed by atoms with van der Waals surface area (Å²) in [5.41, 5.74) is 5.30. The number of carbonyl (C=O) groups excluding carboxylic acids is 1. The van der Waals surface area contributed by atoms with Crippen LogP contribution >= 0.6 is 0 Å². The Labute approximate surface area is 147 Å². The molecule has 0 spiro atoms. The zero-order valence-corrected chi connectivity index (χ0v) is 14.5. The number of aliphatic hydroxyl groups is 1. The smallest absolute Gasteiger partial charge is 0.227 e. The summed E-state index contributed by atoms with van der Waals surface area (Å²) in [6.45, 7) is 1.11. The molecule has 1 fully saturated rings. The molecule has 1 aromatic carbocycles. The molecular weight excluding hydrogens is 314 g/mol. The lowest BCUT2D eigenvalue weighted by atomic mass is 9.94. The van der Waals surface area contributed by atoms with Crippen LogP contribution < -0.4 is 9.80 Å². The minimum Gasteiger partial charge on any atom is -0.394 e. The molecule has 0 saturated carbocycles. The van der Waals surface area contributed by atoms with Gasteiger partial charge in [0.2, 0.25) is 5.91 Å². The Morgan fingerprint density at radius 1 is 1.28 bits per heavy atom. The van der Waals surface area contributed by atoms with Gasteiger partial charge in [-0.05, 0) is 30.9 Å². The predicted octanol–water partition coefficient (Wildman–Crippen LogP) is 2.62. The normalized spacial score (nSPS) is 20.1. The minimum atomic E-state index is 0.156. The van der Waals surface area contributed by atoms with E-state index in [4.69, 9.17) is 0 Å². The summed E-state index contributed by atoms with van der Waals surface area (Å²) in [5.74, 6) is 0.156. The summed E-state index contributed by atoms with van der Waals surface area (Å²) in [6, 6.07) is 8.51. The molecule has 25 heavy (non-hydrogen) atoms. The number of carbonyl (C=O) groups is 1. The Morgan fingerprint density at radius 2 is 2.16 bits per heavy atom. The quantitative estimate of drug-likeness (QED) is 0.935. The van der Waals surface area contributed by atoms with Crippen LogP contribution in [0.1, 0.15) is 24.8 Å². The number of para-hydroxylation sites is 1. The minimum absolute atomic E-state index is 0.156. The number of amides is 1. The lowest BCUT2D eigenvalue weighted by Gasteiger charge is -2.29. The Bertz CT molecular complexity index is 805. The van der Waals surface area contributed by atoms with E-state index in [0.717, 1.165) is 48.3 Å². The van der Waals surface area contributed by atoms with Crippen molar-refractivity contribution in [3.8, 4) is 11.1 Å². The van der Waals surface area contributed by atoms with Crippen molar-refractivity contribution >= 4 is 17.3 Å². The highest BCUT2D eigenvalue weighted by Gasteiger charge is 2.26. The molecule has 4 rings (SSSR count). The summed E-state index contributed by atoms with van der Waals surface area (Å²) < 4.78 is 0. The fraction of sp³-hybridized carbons (Fsp3) is 0.400. The maximum Gasteiger partial charge on any atom is 0.227 e. The second-order valence-corrected chi connectivity index (χ2v) is 6.87. The van der Waals surface area contributed by atoms with Crippen molar-refractivity contribution in [1.82, 2.24) is 4.98 Å². The van der Waals surface area contributed by atoms with Crippen LogP contribution in [0.25, 0.3) is 11.1 Å². The lowest BCUT2D eigenvalue weighted by molar-refractivity contribution is -0.118. The summed E-state index contributed by atoms with van der Waals surface area (Å²) in [4.78, 5) is 20.6. The third-order valence-electron chi connectivity index (χ3n) is 5.39. The Balaban J connectivity index is 1.77. The summed E-state index contributed by atoms with van der Waals surface area (Å²) >= 11 is 0. The van der Waals surface area contributed by atoms with E-state index in [-0.39, 0.29) is 18.6 Å². The highest BCUT2D eigenvalue weighted by Crippen LogP contribution is 2.38. The molecule has 0 aliphatic carbocycles. The van der Waals surface area contributed by atoms with E-state index in [0.29, 0.717) is 6.42 Å². The summed E-state index contributed by atoms with van der Waals surface area (Å²) in [6.07, 6.45) is 7.18. The van der Waals surface area contributed by atoms with Gasteiger partial charge < -0.3 is 14.9 Å². The van der Waals surface area contributed by atoms with Gasteiger partial charge in [0.25, 0.3) is 0 Å². The number of nitrogens with zero attached hydrogens (tertiary/aromatic N) is 3. The number of pyridine rings is 1. The van der Waals surface area contributed by atoms with Crippen LogP contribution in [0.15, 0.2) is 36.7 Å². The average Bonchev–Trinajstić information content (AvgIpc) is 3.13. The number of hydrogen-bond acceptors (Lipinski definition) is 4. The zero-order valence-electron chi connectivity index (χ0n) is 14.5. The summed E-state index contributed by atoms with van der Waals surface area (Å²) in [5, 5.41) is 9.60. The zero-order chi connectivity index (χ0) is 17.4. The molecular formula is C20H23N3O2. The van der Waals surface area contributed by atoms with Gasteiger partial charge in [0, 0.05) is 37.3 Å². The molecule has 2 aliphatic heterocycles. The van der Waals surface area contributed by atoms with Gasteiger partial charge in [-0.2, -0.15) is 0 Å². The van der Waals surface area contributed by atoms with Gasteiger partial charge >= 0.3 is 0 Å². The average molecular weight is 337 g/mol. The first-order chi connectivity index (χ1) is 12.2. The SMILES string of the molecule is CN1C(=O)CCc2cccc(-c3cncc(N4CCC[C@H]4CO)c3)c21. The van der Waals surface area contributed by atoms with Crippen LogP contribution in [0.5, 0.6) is 0 Å². The molecule has 0 unspecified atom stereocenters. The Hall–Kier alpha value is -2.40. The monoisotopic (exact) mass is 337 g/mol. The van der Waals surface area contributed by atoms with Crippen molar-refractivity contribution < 1.29 is 9.90 Å². The molecule has 5 heteroatoms. The molecule has 1 saturated heterocycles. The largest absolute Gasteiger partial charge is 0.394 e. The van der Waals surface area contributed by atoms with Crippen LogP contribution in [0, 0.1) is 0 Å². The van der Waals surface area contributed by atoms with E-state index in [1.165, 1.54) is 5.56 Å². The third-order valence-corrected chi connectivity index (χ3v) is 5.39. The van der Waals surface area contributed by atoms with Gasteiger partial charge in [-0.1, -0.05) is 18.2 Å². The number of aromatic nitrogens is 1. The second-order valence-electron chi connectivity index (χ2n) is 6.87. The van der Waals surface area contributed by atoms with Gasteiger partial charge in [-0.3, -0.25) is 9.78 Å². The van der Waals surface area contributed by atoms with Crippen molar-refractivity contribution in [2.45, 2.75) is 31.7 Å². The van der Waals surface area contributed by atoms with Gasteiger partial charge in [0.05, 0.1) is 30.2 Å². The van der Waals surface area contributed by atoms with Crippen LogP contribution in [-0.4, -0.2) is 42.2 Å². The molecule has 2 aromatic rings. The van der Waals surface area contributed by atoms with E-state index in [1.54, 1.807) is 4.90 Å². The predicted molar refractivity (Wildman–Crippen MR) is 98.9 cm³/mol. The molecule has 1 atom stereocenters. The fourth-order valence-corrected chi connectivity index (χ4v) is 4.05. The number of anilines is 2. The lowest BCUT2D eigenvalue weighted by Crippen LogP contribution is -2.32. The molecule has 1 aromatic heterocycles. The number of aliphatic hydroxyl groups excluding tert-OH is 1. The first-order valence-electron chi connectivity index (χ1n) is 8.90. The van der Waals surface area contributed by atoms with Crippen molar-refractivity contribution in [3.05, 3.63) is 42.2 Å². The fourth-order valence-electron chi connectivity index (χ4n) is 4.05.